The molecule has 17 heavy (non-hydrogen) atoms. The van der Waals surface area contributed by atoms with Crippen LogP contribution in [0.3, 0.4) is 0 Å². The zero-order chi connectivity index (χ0) is 12.3. The van der Waals surface area contributed by atoms with Crippen LogP contribution in [-0.2, 0) is 0 Å². The molecule has 1 heteroatoms. The topological polar surface area (TPSA) is 17.1 Å². The van der Waals surface area contributed by atoms with E-state index in [2.05, 4.69) is 26.0 Å². The van der Waals surface area contributed by atoms with Gasteiger partial charge in [0.2, 0.25) is 0 Å². The summed E-state index contributed by atoms with van der Waals surface area (Å²) in [5.41, 5.74) is 2.29. The maximum Gasteiger partial charge on any atom is 0.165 e. The highest BCUT2D eigenvalue weighted by Gasteiger charge is 2.21. The number of rotatable bonds is 5. The highest BCUT2D eigenvalue weighted by molar-refractivity contribution is 5.97. The van der Waals surface area contributed by atoms with Crippen LogP contribution in [0.5, 0.6) is 0 Å². The van der Waals surface area contributed by atoms with Gasteiger partial charge in [-0.15, -0.1) is 0 Å². The zero-order valence-corrected chi connectivity index (χ0v) is 10.9. The van der Waals surface area contributed by atoms with Crippen molar-refractivity contribution in [2.45, 2.75) is 51.9 Å². The second-order valence-corrected chi connectivity index (χ2v) is 5.13. The number of hydrogen-bond donors (Lipinski definition) is 0. The summed E-state index contributed by atoms with van der Waals surface area (Å²) in [4.78, 5) is 12.3. The van der Waals surface area contributed by atoms with E-state index >= 15 is 0 Å². The van der Waals surface area contributed by atoms with Crippen LogP contribution in [0.25, 0.3) is 0 Å². The molecular formula is C16H22O. The molecule has 1 aliphatic rings. The molecule has 0 spiro atoms. The van der Waals surface area contributed by atoms with Gasteiger partial charge in [-0.2, -0.15) is 0 Å². The number of carbonyl (C=O) groups excluding carboxylic acids is 1. The monoisotopic (exact) mass is 230 g/mol. The van der Waals surface area contributed by atoms with Crippen LogP contribution in [0.2, 0.25) is 0 Å². The molecule has 0 unspecified atom stereocenters. The fraction of sp³-hybridized carbons (Fsp3) is 0.562. The van der Waals surface area contributed by atoms with E-state index in [0.29, 0.717) is 11.7 Å². The predicted octanol–water partition coefficient (Wildman–Crippen LogP) is 4.57. The third kappa shape index (κ3) is 2.59. The molecule has 0 aliphatic heterocycles. The normalized spacial score (nSPS) is 15.9. The van der Waals surface area contributed by atoms with Crippen molar-refractivity contribution in [3.05, 3.63) is 35.4 Å². The number of benzene rings is 1. The Labute approximate surface area is 104 Å². The van der Waals surface area contributed by atoms with Crippen LogP contribution in [0.4, 0.5) is 0 Å². The molecule has 1 nitrogen and oxygen atoms in total. The minimum Gasteiger partial charge on any atom is -0.294 e. The van der Waals surface area contributed by atoms with Crippen LogP contribution < -0.4 is 0 Å². The molecule has 2 rings (SSSR count). The van der Waals surface area contributed by atoms with Crippen molar-refractivity contribution >= 4 is 5.78 Å². The van der Waals surface area contributed by atoms with E-state index < -0.39 is 0 Å². The lowest BCUT2D eigenvalue weighted by atomic mass is 9.79. The minimum absolute atomic E-state index is 0.201. The van der Waals surface area contributed by atoms with Crippen molar-refractivity contribution in [3.8, 4) is 0 Å². The summed E-state index contributed by atoms with van der Waals surface area (Å²) in [7, 11) is 0. The second-order valence-electron chi connectivity index (χ2n) is 5.13. The first-order chi connectivity index (χ1) is 8.26. The van der Waals surface area contributed by atoms with Crippen LogP contribution in [-0.4, -0.2) is 5.78 Å². The van der Waals surface area contributed by atoms with Crippen molar-refractivity contribution < 1.29 is 4.79 Å². The Morgan fingerprint density at radius 1 is 1.29 bits per heavy atom. The van der Waals surface area contributed by atoms with Gasteiger partial charge in [0.1, 0.15) is 0 Å². The Balaban J connectivity index is 2.17. The van der Waals surface area contributed by atoms with Gasteiger partial charge in [-0.25, -0.2) is 0 Å². The first-order valence-electron chi connectivity index (χ1n) is 6.90. The van der Waals surface area contributed by atoms with Crippen molar-refractivity contribution in [1.29, 1.82) is 0 Å². The van der Waals surface area contributed by atoms with Crippen LogP contribution in [0.1, 0.15) is 67.8 Å². The van der Waals surface area contributed by atoms with E-state index in [-0.39, 0.29) is 5.92 Å². The van der Waals surface area contributed by atoms with Gasteiger partial charge in [0.25, 0.3) is 0 Å². The molecular weight excluding hydrogens is 208 g/mol. The van der Waals surface area contributed by atoms with Crippen molar-refractivity contribution in [2.24, 2.45) is 5.92 Å². The highest BCUT2D eigenvalue weighted by atomic mass is 16.1. The molecule has 0 N–H and O–H groups in total. The average molecular weight is 230 g/mol. The third-order valence-corrected chi connectivity index (χ3v) is 4.10. The summed E-state index contributed by atoms with van der Waals surface area (Å²) < 4.78 is 0. The summed E-state index contributed by atoms with van der Waals surface area (Å²) in [6.07, 6.45) is 5.83. The number of Topliss-reactive ketones (excluding diaryl/α,β-unsaturated/α-hetero) is 1. The Morgan fingerprint density at radius 3 is 2.53 bits per heavy atom. The number of hydrogen-bond acceptors (Lipinski definition) is 1. The minimum atomic E-state index is 0.201. The van der Waals surface area contributed by atoms with E-state index in [1.807, 2.05) is 12.1 Å². The third-order valence-electron chi connectivity index (χ3n) is 4.10. The van der Waals surface area contributed by atoms with Crippen LogP contribution >= 0.6 is 0 Å². The summed E-state index contributed by atoms with van der Waals surface area (Å²) in [6, 6.07) is 8.32. The van der Waals surface area contributed by atoms with Gasteiger partial charge in [0, 0.05) is 11.5 Å². The average Bonchev–Trinajstić information content (AvgIpc) is 2.28. The van der Waals surface area contributed by atoms with Crippen molar-refractivity contribution in [1.82, 2.24) is 0 Å². The fourth-order valence-corrected chi connectivity index (χ4v) is 2.58. The smallest absolute Gasteiger partial charge is 0.165 e. The molecule has 0 saturated heterocycles. The summed E-state index contributed by atoms with van der Waals surface area (Å²) in [5.74, 6) is 1.24. The molecule has 0 atom stereocenters. The zero-order valence-electron chi connectivity index (χ0n) is 10.9. The summed E-state index contributed by atoms with van der Waals surface area (Å²) in [6.45, 7) is 4.20. The molecule has 0 bridgehead atoms. The van der Waals surface area contributed by atoms with Gasteiger partial charge in [0.15, 0.2) is 5.78 Å². The quantitative estimate of drug-likeness (QED) is 0.677. The molecule has 1 saturated carbocycles. The van der Waals surface area contributed by atoms with E-state index in [1.165, 1.54) is 24.8 Å². The Bertz CT molecular complexity index is 386. The largest absolute Gasteiger partial charge is 0.294 e. The molecule has 1 aliphatic carbocycles. The van der Waals surface area contributed by atoms with Gasteiger partial charge in [0.05, 0.1) is 0 Å². The lowest BCUT2D eigenvalue weighted by Gasteiger charge is -2.26. The number of ketones is 1. The summed E-state index contributed by atoms with van der Waals surface area (Å²) in [5, 5.41) is 0. The lowest BCUT2D eigenvalue weighted by molar-refractivity contribution is 0.0913. The molecule has 92 valence electrons. The SMILES string of the molecule is CCC(CC)C(=O)c1cccc(C2CCC2)c1. The van der Waals surface area contributed by atoms with E-state index in [0.717, 1.165) is 18.4 Å². The fourth-order valence-electron chi connectivity index (χ4n) is 2.58. The maximum atomic E-state index is 12.3. The molecule has 0 aromatic heterocycles. The van der Waals surface area contributed by atoms with Crippen molar-refractivity contribution in [3.63, 3.8) is 0 Å². The predicted molar refractivity (Wildman–Crippen MR) is 71.4 cm³/mol. The van der Waals surface area contributed by atoms with E-state index in [4.69, 9.17) is 0 Å². The lowest BCUT2D eigenvalue weighted by Crippen LogP contribution is -2.14. The standard InChI is InChI=1S/C16H22O/c1-3-12(4-2)16(17)15-10-6-9-14(11-15)13-7-5-8-13/h6,9-13H,3-5,7-8H2,1-2H3. The maximum absolute atomic E-state index is 12.3. The second kappa shape index (κ2) is 5.48. The molecule has 1 aromatic carbocycles. The van der Waals surface area contributed by atoms with E-state index in [1.54, 1.807) is 0 Å². The molecule has 0 amide bonds. The summed E-state index contributed by atoms with van der Waals surface area (Å²) >= 11 is 0. The highest BCUT2D eigenvalue weighted by Crippen LogP contribution is 2.36. The number of carbonyl (C=O) groups is 1. The van der Waals surface area contributed by atoms with E-state index in [9.17, 15) is 4.79 Å². The van der Waals surface area contributed by atoms with Gasteiger partial charge in [-0.1, -0.05) is 38.5 Å². The Hall–Kier alpha value is -1.11. The van der Waals surface area contributed by atoms with Gasteiger partial charge >= 0.3 is 0 Å². The molecule has 0 radical (unpaired) electrons. The van der Waals surface area contributed by atoms with Gasteiger partial charge in [-0.05, 0) is 43.2 Å². The molecule has 1 aromatic rings. The Kier molecular flexibility index (Phi) is 3.98. The van der Waals surface area contributed by atoms with Crippen LogP contribution in [0, 0.1) is 5.92 Å². The molecule has 0 heterocycles. The first-order valence-corrected chi connectivity index (χ1v) is 6.90. The van der Waals surface area contributed by atoms with Gasteiger partial charge < -0.3 is 0 Å². The van der Waals surface area contributed by atoms with Gasteiger partial charge in [-0.3, -0.25) is 4.79 Å². The van der Waals surface area contributed by atoms with Crippen LogP contribution in [0.15, 0.2) is 24.3 Å². The Morgan fingerprint density at radius 2 is 2.00 bits per heavy atom. The van der Waals surface area contributed by atoms with Crippen molar-refractivity contribution in [2.75, 3.05) is 0 Å². The molecule has 1 fully saturated rings. The first kappa shape index (κ1) is 12.3.